The van der Waals surface area contributed by atoms with Crippen molar-refractivity contribution < 1.29 is 4.39 Å². The fraction of sp³-hybridized carbons (Fsp3) is 0.500. The van der Waals surface area contributed by atoms with Crippen molar-refractivity contribution >= 4 is 5.69 Å². The first kappa shape index (κ1) is 12.0. The van der Waals surface area contributed by atoms with E-state index in [1.165, 1.54) is 6.07 Å². The Balaban J connectivity index is 3.14. The van der Waals surface area contributed by atoms with Crippen LogP contribution in [-0.2, 0) is 6.42 Å². The standard InChI is InChI=1S/C12H19FN2/c1-12(2,14)8-9-10(13)6-5-7-11(9)15(3)4/h5-7H,8,14H2,1-4H3. The predicted molar refractivity (Wildman–Crippen MR) is 62.7 cm³/mol. The zero-order valence-corrected chi connectivity index (χ0v) is 9.84. The molecule has 0 aliphatic carbocycles. The molecule has 2 N–H and O–H groups in total. The lowest BCUT2D eigenvalue weighted by molar-refractivity contribution is 0.497. The maximum atomic E-state index is 13.7. The van der Waals surface area contributed by atoms with Gasteiger partial charge in [-0.3, -0.25) is 0 Å². The lowest BCUT2D eigenvalue weighted by Crippen LogP contribution is -2.35. The molecule has 0 saturated heterocycles. The molecule has 15 heavy (non-hydrogen) atoms. The quantitative estimate of drug-likeness (QED) is 0.828. The highest BCUT2D eigenvalue weighted by Crippen LogP contribution is 2.24. The number of nitrogens with two attached hydrogens (primary N) is 1. The van der Waals surface area contributed by atoms with Crippen molar-refractivity contribution in [2.45, 2.75) is 25.8 Å². The highest BCUT2D eigenvalue weighted by molar-refractivity contribution is 5.53. The Hall–Kier alpha value is -1.09. The molecule has 0 amide bonds. The van der Waals surface area contributed by atoms with E-state index >= 15 is 0 Å². The molecular formula is C12H19FN2. The Kier molecular flexibility index (Phi) is 3.35. The minimum absolute atomic E-state index is 0.181. The van der Waals surface area contributed by atoms with Gasteiger partial charge < -0.3 is 10.6 Å². The van der Waals surface area contributed by atoms with Gasteiger partial charge in [0.25, 0.3) is 0 Å². The predicted octanol–water partition coefficient (Wildman–Crippen LogP) is 2.17. The first-order chi connectivity index (χ1) is 6.81. The van der Waals surface area contributed by atoms with E-state index in [0.717, 1.165) is 5.69 Å². The summed E-state index contributed by atoms with van der Waals surface area (Å²) in [4.78, 5) is 1.91. The second-order valence-electron chi connectivity index (χ2n) is 4.80. The molecular weight excluding hydrogens is 191 g/mol. The highest BCUT2D eigenvalue weighted by atomic mass is 19.1. The number of hydrogen-bond acceptors (Lipinski definition) is 2. The van der Waals surface area contributed by atoms with Gasteiger partial charge in [0.2, 0.25) is 0 Å². The van der Waals surface area contributed by atoms with E-state index in [-0.39, 0.29) is 5.82 Å². The molecule has 0 aromatic heterocycles. The lowest BCUT2D eigenvalue weighted by atomic mass is 9.94. The van der Waals surface area contributed by atoms with Gasteiger partial charge in [-0.25, -0.2) is 4.39 Å². The number of hydrogen-bond donors (Lipinski definition) is 1. The third-order valence-corrected chi connectivity index (χ3v) is 2.21. The van der Waals surface area contributed by atoms with Gasteiger partial charge in [0.1, 0.15) is 5.82 Å². The summed E-state index contributed by atoms with van der Waals surface area (Å²) in [5.41, 5.74) is 7.11. The molecule has 0 heterocycles. The van der Waals surface area contributed by atoms with Crippen LogP contribution in [0, 0.1) is 5.82 Å². The van der Waals surface area contributed by atoms with Crippen molar-refractivity contribution in [1.82, 2.24) is 0 Å². The largest absolute Gasteiger partial charge is 0.377 e. The van der Waals surface area contributed by atoms with Crippen molar-refractivity contribution in [3.63, 3.8) is 0 Å². The maximum absolute atomic E-state index is 13.7. The molecule has 0 fully saturated rings. The van der Waals surface area contributed by atoms with Crippen LogP contribution in [0.3, 0.4) is 0 Å². The van der Waals surface area contributed by atoms with Crippen LogP contribution < -0.4 is 10.6 Å². The number of nitrogens with zero attached hydrogens (tertiary/aromatic N) is 1. The number of rotatable bonds is 3. The number of halogens is 1. The Morgan fingerprint density at radius 2 is 1.93 bits per heavy atom. The van der Waals surface area contributed by atoms with E-state index in [1.807, 2.05) is 38.9 Å². The minimum Gasteiger partial charge on any atom is -0.377 e. The Morgan fingerprint density at radius 1 is 1.33 bits per heavy atom. The van der Waals surface area contributed by atoms with Crippen LogP contribution in [0.5, 0.6) is 0 Å². The third-order valence-electron chi connectivity index (χ3n) is 2.21. The third kappa shape index (κ3) is 3.20. The van der Waals surface area contributed by atoms with Crippen molar-refractivity contribution in [3.8, 4) is 0 Å². The Morgan fingerprint density at radius 3 is 2.40 bits per heavy atom. The fourth-order valence-electron chi connectivity index (χ4n) is 1.60. The van der Waals surface area contributed by atoms with Gasteiger partial charge in [-0.1, -0.05) is 6.07 Å². The molecule has 0 radical (unpaired) electrons. The Labute approximate surface area is 90.9 Å². The second-order valence-corrected chi connectivity index (χ2v) is 4.80. The topological polar surface area (TPSA) is 29.3 Å². The van der Waals surface area contributed by atoms with Gasteiger partial charge in [-0.05, 0) is 32.4 Å². The molecule has 2 nitrogen and oxygen atoms in total. The van der Waals surface area contributed by atoms with Crippen molar-refractivity contribution in [2.24, 2.45) is 5.73 Å². The lowest BCUT2D eigenvalue weighted by Gasteiger charge is -2.24. The molecule has 3 heteroatoms. The molecule has 0 atom stereocenters. The fourth-order valence-corrected chi connectivity index (χ4v) is 1.60. The van der Waals surface area contributed by atoms with Gasteiger partial charge in [-0.15, -0.1) is 0 Å². The average Bonchev–Trinajstić information content (AvgIpc) is 2.05. The van der Waals surface area contributed by atoms with Crippen LogP contribution in [0.25, 0.3) is 0 Å². The SMILES string of the molecule is CN(C)c1cccc(F)c1CC(C)(C)N. The van der Waals surface area contributed by atoms with Crippen LogP contribution >= 0.6 is 0 Å². The average molecular weight is 210 g/mol. The molecule has 0 saturated carbocycles. The molecule has 1 aromatic rings. The van der Waals surface area contributed by atoms with Crippen molar-refractivity contribution in [3.05, 3.63) is 29.6 Å². The molecule has 1 aromatic carbocycles. The molecule has 0 aliphatic heterocycles. The first-order valence-electron chi connectivity index (χ1n) is 5.05. The van der Waals surface area contributed by atoms with E-state index in [2.05, 4.69) is 0 Å². The molecule has 0 aliphatic rings. The summed E-state index contributed by atoms with van der Waals surface area (Å²) in [6.45, 7) is 3.80. The molecule has 84 valence electrons. The normalized spacial score (nSPS) is 11.6. The summed E-state index contributed by atoms with van der Waals surface area (Å²) in [6.07, 6.45) is 0.535. The number of benzene rings is 1. The zero-order valence-electron chi connectivity index (χ0n) is 9.84. The summed E-state index contributed by atoms with van der Waals surface area (Å²) in [5.74, 6) is -0.181. The van der Waals surface area contributed by atoms with E-state index in [1.54, 1.807) is 6.07 Å². The zero-order chi connectivity index (χ0) is 11.6. The van der Waals surface area contributed by atoms with E-state index in [9.17, 15) is 4.39 Å². The van der Waals surface area contributed by atoms with E-state index in [4.69, 9.17) is 5.73 Å². The summed E-state index contributed by atoms with van der Waals surface area (Å²) in [7, 11) is 3.81. The van der Waals surface area contributed by atoms with Gasteiger partial charge in [0.05, 0.1) is 0 Å². The minimum atomic E-state index is -0.396. The maximum Gasteiger partial charge on any atom is 0.128 e. The van der Waals surface area contributed by atoms with Gasteiger partial charge in [0.15, 0.2) is 0 Å². The smallest absolute Gasteiger partial charge is 0.128 e. The summed E-state index contributed by atoms with van der Waals surface area (Å²) < 4.78 is 13.7. The van der Waals surface area contributed by atoms with E-state index < -0.39 is 5.54 Å². The molecule has 0 spiro atoms. The monoisotopic (exact) mass is 210 g/mol. The summed E-state index contributed by atoms with van der Waals surface area (Å²) in [5, 5.41) is 0. The molecule has 1 rings (SSSR count). The van der Waals surface area contributed by atoms with Gasteiger partial charge in [0, 0.05) is 30.9 Å². The van der Waals surface area contributed by atoms with Crippen molar-refractivity contribution in [1.29, 1.82) is 0 Å². The van der Waals surface area contributed by atoms with Crippen molar-refractivity contribution in [2.75, 3.05) is 19.0 Å². The highest BCUT2D eigenvalue weighted by Gasteiger charge is 2.18. The Bertz CT molecular complexity index is 340. The summed E-state index contributed by atoms with van der Waals surface area (Å²) >= 11 is 0. The van der Waals surface area contributed by atoms with Gasteiger partial charge in [-0.2, -0.15) is 0 Å². The number of anilines is 1. The molecule has 0 bridgehead atoms. The first-order valence-corrected chi connectivity index (χ1v) is 5.05. The van der Waals surface area contributed by atoms with Gasteiger partial charge >= 0.3 is 0 Å². The van der Waals surface area contributed by atoms with Crippen LogP contribution in [0.4, 0.5) is 10.1 Å². The van der Waals surface area contributed by atoms with Crippen LogP contribution in [0.1, 0.15) is 19.4 Å². The van der Waals surface area contributed by atoms with Crippen LogP contribution in [0.15, 0.2) is 18.2 Å². The van der Waals surface area contributed by atoms with Crippen LogP contribution in [-0.4, -0.2) is 19.6 Å². The van der Waals surface area contributed by atoms with E-state index in [0.29, 0.717) is 12.0 Å². The molecule has 0 unspecified atom stereocenters. The summed E-state index contributed by atoms with van der Waals surface area (Å²) in [6, 6.07) is 5.11. The van der Waals surface area contributed by atoms with Crippen LogP contribution in [0.2, 0.25) is 0 Å². The second kappa shape index (κ2) is 4.19.